The molecular weight excluding hydrogens is 356 g/mol. The van der Waals surface area contributed by atoms with Crippen molar-refractivity contribution in [2.45, 2.75) is 26.4 Å². The van der Waals surface area contributed by atoms with Crippen molar-refractivity contribution in [3.63, 3.8) is 0 Å². The Labute approximate surface area is 165 Å². The molecule has 1 N–H and O–H groups in total. The van der Waals surface area contributed by atoms with Gasteiger partial charge in [0.05, 0.1) is 12.5 Å². The van der Waals surface area contributed by atoms with Gasteiger partial charge in [0.25, 0.3) is 5.91 Å². The van der Waals surface area contributed by atoms with Gasteiger partial charge in [-0.05, 0) is 55.8 Å². The SMILES string of the molecule is CC(C)Oc1cccc(CC(=O)N2CCN(C(=O)c3ccc(O)cc3)CC2)c1. The average Bonchev–Trinajstić information content (AvgIpc) is 2.68. The molecule has 0 unspecified atom stereocenters. The van der Waals surface area contributed by atoms with Crippen LogP contribution in [0.4, 0.5) is 0 Å². The minimum absolute atomic E-state index is 0.0541. The molecule has 1 aliphatic rings. The zero-order chi connectivity index (χ0) is 20.1. The molecule has 2 aromatic rings. The molecule has 148 valence electrons. The number of rotatable bonds is 5. The molecule has 0 spiro atoms. The first-order valence-electron chi connectivity index (χ1n) is 9.54. The maximum Gasteiger partial charge on any atom is 0.253 e. The highest BCUT2D eigenvalue weighted by Crippen LogP contribution is 2.17. The summed E-state index contributed by atoms with van der Waals surface area (Å²) in [6.07, 6.45) is 0.409. The van der Waals surface area contributed by atoms with Crippen LogP contribution in [0, 0.1) is 0 Å². The lowest BCUT2D eigenvalue weighted by Crippen LogP contribution is -2.51. The van der Waals surface area contributed by atoms with Gasteiger partial charge in [-0.2, -0.15) is 0 Å². The van der Waals surface area contributed by atoms with Crippen LogP contribution in [0.1, 0.15) is 29.8 Å². The lowest BCUT2D eigenvalue weighted by Gasteiger charge is -2.35. The van der Waals surface area contributed by atoms with Crippen LogP contribution in [0.15, 0.2) is 48.5 Å². The number of amides is 2. The van der Waals surface area contributed by atoms with Crippen molar-refractivity contribution in [3.05, 3.63) is 59.7 Å². The number of nitrogens with zero attached hydrogens (tertiary/aromatic N) is 2. The summed E-state index contributed by atoms with van der Waals surface area (Å²) in [4.78, 5) is 28.7. The highest BCUT2D eigenvalue weighted by atomic mass is 16.5. The number of ether oxygens (including phenoxy) is 1. The predicted octanol–water partition coefficient (Wildman–Crippen LogP) is 2.71. The van der Waals surface area contributed by atoms with Gasteiger partial charge in [-0.15, -0.1) is 0 Å². The minimum atomic E-state index is -0.0781. The minimum Gasteiger partial charge on any atom is -0.508 e. The molecule has 0 bridgehead atoms. The van der Waals surface area contributed by atoms with Crippen molar-refractivity contribution < 1.29 is 19.4 Å². The van der Waals surface area contributed by atoms with Crippen molar-refractivity contribution in [1.29, 1.82) is 0 Å². The summed E-state index contributed by atoms with van der Waals surface area (Å²) in [5, 5.41) is 9.35. The van der Waals surface area contributed by atoms with Crippen LogP contribution >= 0.6 is 0 Å². The van der Waals surface area contributed by atoms with E-state index < -0.39 is 0 Å². The van der Waals surface area contributed by atoms with Crippen molar-refractivity contribution >= 4 is 11.8 Å². The summed E-state index contributed by atoms with van der Waals surface area (Å²) in [7, 11) is 0. The number of piperazine rings is 1. The maximum absolute atomic E-state index is 12.6. The highest BCUT2D eigenvalue weighted by molar-refractivity contribution is 5.94. The quantitative estimate of drug-likeness (QED) is 0.863. The molecular formula is C22H26N2O4. The first-order chi connectivity index (χ1) is 13.4. The molecule has 2 aromatic carbocycles. The number of benzene rings is 2. The molecule has 1 heterocycles. The van der Waals surface area contributed by atoms with E-state index in [4.69, 9.17) is 4.74 Å². The van der Waals surface area contributed by atoms with Crippen LogP contribution in [0.5, 0.6) is 11.5 Å². The normalized spacial score (nSPS) is 14.2. The van der Waals surface area contributed by atoms with Gasteiger partial charge in [-0.1, -0.05) is 12.1 Å². The number of hydrogen-bond donors (Lipinski definition) is 1. The molecule has 0 atom stereocenters. The Morgan fingerprint density at radius 2 is 1.64 bits per heavy atom. The van der Waals surface area contributed by atoms with Crippen LogP contribution < -0.4 is 4.74 Å². The number of phenols is 1. The topological polar surface area (TPSA) is 70.1 Å². The fourth-order valence-corrected chi connectivity index (χ4v) is 3.23. The molecule has 6 nitrogen and oxygen atoms in total. The van der Waals surface area contributed by atoms with Crippen LogP contribution in [-0.2, 0) is 11.2 Å². The van der Waals surface area contributed by atoms with Crippen LogP contribution in [0.3, 0.4) is 0 Å². The van der Waals surface area contributed by atoms with E-state index in [2.05, 4.69) is 0 Å². The second-order valence-electron chi connectivity index (χ2n) is 7.21. The van der Waals surface area contributed by atoms with Gasteiger partial charge in [0.2, 0.25) is 5.91 Å². The zero-order valence-corrected chi connectivity index (χ0v) is 16.3. The fourth-order valence-electron chi connectivity index (χ4n) is 3.23. The Balaban J connectivity index is 1.54. The third kappa shape index (κ3) is 5.03. The van der Waals surface area contributed by atoms with Gasteiger partial charge in [0, 0.05) is 31.7 Å². The van der Waals surface area contributed by atoms with Gasteiger partial charge in [0.15, 0.2) is 0 Å². The van der Waals surface area contributed by atoms with E-state index >= 15 is 0 Å². The fraction of sp³-hybridized carbons (Fsp3) is 0.364. The molecule has 2 amide bonds. The molecule has 1 fully saturated rings. The molecule has 28 heavy (non-hydrogen) atoms. The Morgan fingerprint density at radius 3 is 2.29 bits per heavy atom. The second-order valence-corrected chi connectivity index (χ2v) is 7.21. The first kappa shape index (κ1) is 19.7. The predicted molar refractivity (Wildman–Crippen MR) is 107 cm³/mol. The van der Waals surface area contributed by atoms with Crippen molar-refractivity contribution in [2.75, 3.05) is 26.2 Å². The largest absolute Gasteiger partial charge is 0.508 e. The average molecular weight is 382 g/mol. The van der Waals surface area contributed by atoms with Gasteiger partial charge < -0.3 is 19.6 Å². The van der Waals surface area contributed by atoms with E-state index in [-0.39, 0.29) is 23.7 Å². The number of aromatic hydroxyl groups is 1. The Kier molecular flexibility index (Phi) is 6.19. The first-order valence-corrected chi connectivity index (χ1v) is 9.54. The molecule has 3 rings (SSSR count). The summed E-state index contributed by atoms with van der Waals surface area (Å²) in [5.41, 5.74) is 1.46. The standard InChI is InChI=1S/C22H26N2O4/c1-16(2)28-20-5-3-4-17(14-20)15-21(26)23-10-12-24(13-11-23)22(27)18-6-8-19(25)9-7-18/h3-9,14,16,25H,10-13,15H2,1-2H3. The van der Waals surface area contributed by atoms with Crippen LogP contribution in [0.25, 0.3) is 0 Å². The van der Waals surface area contributed by atoms with Gasteiger partial charge in [0.1, 0.15) is 11.5 Å². The molecule has 6 heteroatoms. The van der Waals surface area contributed by atoms with Crippen LogP contribution in [0.2, 0.25) is 0 Å². The summed E-state index contributed by atoms with van der Waals surface area (Å²) >= 11 is 0. The summed E-state index contributed by atoms with van der Waals surface area (Å²) in [5.74, 6) is 0.878. The Bertz CT molecular complexity index is 825. The number of phenolic OH excluding ortho intramolecular Hbond substituents is 1. The maximum atomic E-state index is 12.6. The van der Waals surface area contributed by atoms with E-state index in [1.54, 1.807) is 21.9 Å². The Hall–Kier alpha value is -3.02. The molecule has 0 aromatic heterocycles. The van der Waals surface area contributed by atoms with Gasteiger partial charge >= 0.3 is 0 Å². The lowest BCUT2D eigenvalue weighted by atomic mass is 10.1. The van der Waals surface area contributed by atoms with E-state index in [9.17, 15) is 14.7 Å². The second kappa shape index (κ2) is 8.78. The third-order valence-electron chi connectivity index (χ3n) is 4.66. The molecule has 1 aliphatic heterocycles. The summed E-state index contributed by atoms with van der Waals surface area (Å²) in [6, 6.07) is 13.9. The molecule has 0 aliphatic carbocycles. The molecule has 0 saturated carbocycles. The number of hydrogen-bond acceptors (Lipinski definition) is 4. The number of carbonyl (C=O) groups is 2. The lowest BCUT2D eigenvalue weighted by molar-refractivity contribution is -0.131. The van der Waals surface area contributed by atoms with E-state index in [1.165, 1.54) is 12.1 Å². The van der Waals surface area contributed by atoms with Crippen molar-refractivity contribution in [1.82, 2.24) is 9.80 Å². The molecule has 0 radical (unpaired) electrons. The monoisotopic (exact) mass is 382 g/mol. The van der Waals surface area contributed by atoms with Gasteiger partial charge in [-0.3, -0.25) is 9.59 Å². The molecule has 1 saturated heterocycles. The van der Waals surface area contributed by atoms with E-state index in [1.807, 2.05) is 38.1 Å². The van der Waals surface area contributed by atoms with E-state index in [0.29, 0.717) is 38.2 Å². The number of carbonyl (C=O) groups excluding carboxylic acids is 2. The summed E-state index contributed by atoms with van der Waals surface area (Å²) in [6.45, 7) is 5.98. The van der Waals surface area contributed by atoms with E-state index in [0.717, 1.165) is 11.3 Å². The van der Waals surface area contributed by atoms with Crippen molar-refractivity contribution in [3.8, 4) is 11.5 Å². The van der Waals surface area contributed by atoms with Crippen molar-refractivity contribution in [2.24, 2.45) is 0 Å². The third-order valence-corrected chi connectivity index (χ3v) is 4.66. The summed E-state index contributed by atoms with van der Waals surface area (Å²) < 4.78 is 5.69. The Morgan fingerprint density at radius 1 is 1.00 bits per heavy atom. The highest BCUT2D eigenvalue weighted by Gasteiger charge is 2.25. The smallest absolute Gasteiger partial charge is 0.253 e. The van der Waals surface area contributed by atoms with Gasteiger partial charge in [-0.25, -0.2) is 0 Å². The zero-order valence-electron chi connectivity index (χ0n) is 16.3. The van der Waals surface area contributed by atoms with Crippen LogP contribution in [-0.4, -0.2) is 59.0 Å².